The fourth-order valence-corrected chi connectivity index (χ4v) is 5.88. The third-order valence-corrected chi connectivity index (χ3v) is 8.09. The number of hydrogen-bond donors (Lipinski definition) is 2. The third-order valence-electron chi connectivity index (χ3n) is 6.16. The highest BCUT2D eigenvalue weighted by Crippen LogP contribution is 2.25. The van der Waals surface area contributed by atoms with Crippen molar-refractivity contribution in [3.63, 3.8) is 0 Å². The zero-order valence-electron chi connectivity index (χ0n) is 19.4. The SMILES string of the molecule is O=C1CCN(S(=O)(=O)c2cccc3cccnc23)CCCC(C(=O)NCc2ccncc2)CCN1. The fourth-order valence-electron chi connectivity index (χ4n) is 4.23. The number of para-hydroxylation sites is 1. The van der Waals surface area contributed by atoms with Crippen LogP contribution >= 0.6 is 0 Å². The topological polar surface area (TPSA) is 121 Å². The van der Waals surface area contributed by atoms with E-state index in [2.05, 4.69) is 20.6 Å². The molecule has 0 bridgehead atoms. The lowest BCUT2D eigenvalue weighted by atomic mass is 9.98. The Morgan fingerprint density at radius 2 is 1.86 bits per heavy atom. The van der Waals surface area contributed by atoms with Crippen LogP contribution in [0.1, 0.15) is 31.2 Å². The Bertz CT molecular complexity index is 1280. The van der Waals surface area contributed by atoms with E-state index < -0.39 is 10.0 Å². The molecule has 0 saturated carbocycles. The maximum atomic E-state index is 13.6. The van der Waals surface area contributed by atoms with Gasteiger partial charge in [0.25, 0.3) is 0 Å². The van der Waals surface area contributed by atoms with Crippen LogP contribution < -0.4 is 10.6 Å². The molecule has 4 rings (SSSR count). The Morgan fingerprint density at radius 1 is 1.06 bits per heavy atom. The number of hydrogen-bond acceptors (Lipinski definition) is 6. The first-order valence-electron chi connectivity index (χ1n) is 11.7. The summed E-state index contributed by atoms with van der Waals surface area (Å²) in [4.78, 5) is 33.6. The van der Waals surface area contributed by atoms with Gasteiger partial charge in [0.15, 0.2) is 0 Å². The van der Waals surface area contributed by atoms with Crippen molar-refractivity contribution in [1.29, 1.82) is 0 Å². The monoisotopic (exact) mass is 495 g/mol. The lowest BCUT2D eigenvalue weighted by molar-refractivity contribution is -0.126. The number of nitrogens with zero attached hydrogens (tertiary/aromatic N) is 3. The predicted octanol–water partition coefficient (Wildman–Crippen LogP) is 2.24. The van der Waals surface area contributed by atoms with E-state index in [9.17, 15) is 18.0 Å². The first kappa shape index (κ1) is 24.7. The molecule has 3 heterocycles. The highest BCUT2D eigenvalue weighted by molar-refractivity contribution is 7.89. The first-order valence-corrected chi connectivity index (χ1v) is 13.2. The van der Waals surface area contributed by atoms with Crippen molar-refractivity contribution < 1.29 is 18.0 Å². The molecule has 1 saturated heterocycles. The summed E-state index contributed by atoms with van der Waals surface area (Å²) in [5.41, 5.74) is 1.35. The molecular weight excluding hydrogens is 466 g/mol. The zero-order chi connectivity index (χ0) is 24.7. The van der Waals surface area contributed by atoms with Gasteiger partial charge in [-0.1, -0.05) is 18.2 Å². The minimum Gasteiger partial charge on any atom is -0.356 e. The van der Waals surface area contributed by atoms with Gasteiger partial charge >= 0.3 is 0 Å². The molecule has 35 heavy (non-hydrogen) atoms. The van der Waals surface area contributed by atoms with Gasteiger partial charge in [-0.25, -0.2) is 8.42 Å². The molecule has 0 aliphatic carbocycles. The van der Waals surface area contributed by atoms with Crippen LogP contribution in [0.25, 0.3) is 10.9 Å². The summed E-state index contributed by atoms with van der Waals surface area (Å²) < 4.78 is 28.5. The molecule has 1 aromatic carbocycles. The maximum Gasteiger partial charge on any atom is 0.245 e. The minimum atomic E-state index is -3.89. The van der Waals surface area contributed by atoms with Crippen LogP contribution in [0.15, 0.2) is 66.0 Å². The first-order chi connectivity index (χ1) is 16.9. The number of fused-ring (bicyclic) bond motifs is 1. The molecule has 0 spiro atoms. The average Bonchev–Trinajstić information content (AvgIpc) is 2.92. The molecule has 1 aliphatic heterocycles. The second kappa shape index (κ2) is 11.4. The molecule has 2 N–H and O–H groups in total. The summed E-state index contributed by atoms with van der Waals surface area (Å²) in [5, 5.41) is 6.50. The van der Waals surface area contributed by atoms with Crippen molar-refractivity contribution in [3.8, 4) is 0 Å². The average molecular weight is 496 g/mol. The number of amides is 2. The zero-order valence-corrected chi connectivity index (χ0v) is 20.2. The molecule has 10 heteroatoms. The summed E-state index contributed by atoms with van der Waals surface area (Å²) in [7, 11) is -3.89. The van der Waals surface area contributed by atoms with Crippen molar-refractivity contribution in [1.82, 2.24) is 24.9 Å². The van der Waals surface area contributed by atoms with E-state index in [1.54, 1.807) is 36.8 Å². The van der Waals surface area contributed by atoms with Gasteiger partial charge in [-0.15, -0.1) is 0 Å². The van der Waals surface area contributed by atoms with Gasteiger partial charge in [-0.2, -0.15) is 4.31 Å². The number of carbonyl (C=O) groups is 2. The summed E-state index contributed by atoms with van der Waals surface area (Å²) in [5.74, 6) is -0.680. The van der Waals surface area contributed by atoms with E-state index in [1.165, 1.54) is 4.31 Å². The molecular formula is C25H29N5O4S. The number of sulfonamides is 1. The van der Waals surface area contributed by atoms with Gasteiger partial charge in [0.2, 0.25) is 21.8 Å². The normalized spacial score (nSPS) is 18.4. The molecule has 2 amide bonds. The number of rotatable bonds is 5. The molecule has 1 atom stereocenters. The third kappa shape index (κ3) is 6.20. The number of aromatic nitrogens is 2. The Labute approximate surface area is 205 Å². The summed E-state index contributed by atoms with van der Waals surface area (Å²) in [6, 6.07) is 12.3. The van der Waals surface area contributed by atoms with Crippen LogP contribution in [0, 0.1) is 5.92 Å². The van der Waals surface area contributed by atoms with Gasteiger partial charge in [0.05, 0.1) is 5.52 Å². The van der Waals surface area contributed by atoms with E-state index >= 15 is 0 Å². The highest BCUT2D eigenvalue weighted by Gasteiger charge is 2.28. The van der Waals surface area contributed by atoms with Crippen molar-refractivity contribution in [3.05, 3.63) is 66.6 Å². The van der Waals surface area contributed by atoms with Gasteiger partial charge in [0, 0.05) is 62.5 Å². The molecule has 3 aromatic rings. The smallest absolute Gasteiger partial charge is 0.245 e. The molecule has 0 radical (unpaired) electrons. The predicted molar refractivity (Wildman–Crippen MR) is 132 cm³/mol. The van der Waals surface area contributed by atoms with Crippen molar-refractivity contribution in [2.75, 3.05) is 19.6 Å². The second-order valence-corrected chi connectivity index (χ2v) is 10.4. The highest BCUT2D eigenvalue weighted by atomic mass is 32.2. The standard InChI is InChI=1S/C25H29N5O4S/c31-23-11-17-30(35(33,34)22-7-1-4-20-5-2-12-28-24(20)22)16-3-6-21(10-15-27-23)25(32)29-18-19-8-13-26-14-9-19/h1-2,4-5,7-9,12-14,21H,3,6,10-11,15-18H2,(H,27,31)(H,29,32). The second-order valence-electron chi connectivity index (χ2n) is 8.54. The van der Waals surface area contributed by atoms with E-state index in [-0.39, 0.29) is 42.1 Å². The fraction of sp³-hybridized carbons (Fsp3) is 0.360. The quantitative estimate of drug-likeness (QED) is 0.560. The molecule has 184 valence electrons. The van der Waals surface area contributed by atoms with Crippen LogP contribution in [0.5, 0.6) is 0 Å². The van der Waals surface area contributed by atoms with E-state index in [0.29, 0.717) is 37.9 Å². The summed E-state index contributed by atoms with van der Waals surface area (Å²) in [6.07, 6.45) is 6.47. The Morgan fingerprint density at radius 3 is 2.69 bits per heavy atom. The number of benzene rings is 1. The van der Waals surface area contributed by atoms with Crippen LogP contribution in [-0.4, -0.2) is 54.1 Å². The van der Waals surface area contributed by atoms with Crippen LogP contribution in [0.3, 0.4) is 0 Å². The van der Waals surface area contributed by atoms with Crippen LogP contribution in [-0.2, 0) is 26.2 Å². The van der Waals surface area contributed by atoms with Gasteiger partial charge in [-0.3, -0.25) is 19.6 Å². The lowest BCUT2D eigenvalue weighted by Crippen LogP contribution is -2.36. The largest absolute Gasteiger partial charge is 0.356 e. The van der Waals surface area contributed by atoms with E-state index in [0.717, 1.165) is 10.9 Å². The molecule has 1 unspecified atom stereocenters. The Balaban J connectivity index is 1.49. The van der Waals surface area contributed by atoms with E-state index in [1.807, 2.05) is 24.3 Å². The molecule has 2 aromatic heterocycles. The van der Waals surface area contributed by atoms with Gasteiger partial charge < -0.3 is 10.6 Å². The number of carbonyl (C=O) groups excluding carboxylic acids is 2. The summed E-state index contributed by atoms with van der Waals surface area (Å²) in [6.45, 7) is 1.04. The van der Waals surface area contributed by atoms with Crippen molar-refractivity contribution in [2.45, 2.75) is 37.1 Å². The van der Waals surface area contributed by atoms with E-state index in [4.69, 9.17) is 0 Å². The van der Waals surface area contributed by atoms with Crippen molar-refractivity contribution >= 4 is 32.7 Å². The Kier molecular flexibility index (Phi) is 8.04. The maximum absolute atomic E-state index is 13.6. The van der Waals surface area contributed by atoms with Gasteiger partial charge in [0.1, 0.15) is 4.90 Å². The minimum absolute atomic E-state index is 0.0519. The van der Waals surface area contributed by atoms with Crippen molar-refractivity contribution in [2.24, 2.45) is 5.92 Å². The Hall–Kier alpha value is -3.37. The summed E-state index contributed by atoms with van der Waals surface area (Å²) >= 11 is 0. The van der Waals surface area contributed by atoms with Crippen LogP contribution in [0.4, 0.5) is 0 Å². The number of nitrogens with one attached hydrogen (secondary N) is 2. The lowest BCUT2D eigenvalue weighted by Gasteiger charge is -2.23. The molecule has 1 fully saturated rings. The molecule has 9 nitrogen and oxygen atoms in total. The van der Waals surface area contributed by atoms with Gasteiger partial charge in [-0.05, 0) is 49.1 Å². The van der Waals surface area contributed by atoms with Crippen LogP contribution in [0.2, 0.25) is 0 Å². The molecule has 1 aliphatic rings. The number of pyridine rings is 2.